The number of aryl methyl sites for hydroxylation is 1. The zero-order valence-corrected chi connectivity index (χ0v) is 18.6. The average Bonchev–Trinajstić information content (AvgIpc) is 3.43. The van der Waals surface area contributed by atoms with E-state index in [-0.39, 0.29) is 17.7 Å². The largest absolute Gasteiger partial charge is 0.459 e. The van der Waals surface area contributed by atoms with Gasteiger partial charge in [0.15, 0.2) is 5.76 Å². The molecule has 1 aromatic carbocycles. The fourth-order valence-corrected chi connectivity index (χ4v) is 4.37. The van der Waals surface area contributed by atoms with Crippen molar-refractivity contribution in [2.45, 2.75) is 32.7 Å². The number of amides is 1. The maximum atomic E-state index is 12.6. The van der Waals surface area contributed by atoms with Gasteiger partial charge in [0.1, 0.15) is 10.8 Å². The molecular formula is C25H25N3O2S. The van der Waals surface area contributed by atoms with Crippen LogP contribution in [0.3, 0.4) is 0 Å². The molecule has 0 saturated carbocycles. The lowest BCUT2D eigenvalue weighted by molar-refractivity contribution is 0.0997. The van der Waals surface area contributed by atoms with Crippen LogP contribution in [-0.2, 0) is 0 Å². The van der Waals surface area contributed by atoms with Crippen LogP contribution in [-0.4, -0.2) is 10.9 Å². The van der Waals surface area contributed by atoms with Crippen molar-refractivity contribution in [2.24, 2.45) is 0 Å². The third kappa shape index (κ3) is 4.86. The number of pyridine rings is 1. The molecular weight excluding hydrogens is 406 g/mol. The fourth-order valence-electron chi connectivity index (χ4n) is 3.43. The number of carbonyl (C=O) groups excluding carboxylic acids is 1. The number of hydrogen-bond donors (Lipinski definition) is 2. The Kier molecular flexibility index (Phi) is 6.18. The number of thiophene rings is 1. The highest BCUT2D eigenvalue weighted by Gasteiger charge is 2.23. The normalized spacial score (nSPS) is 12.0. The SMILES string of the molecule is Cc1cc([C@H](Nc2ccccn2)c2ccc(C(C)C)cc2)c(NC(=O)c2ccco2)s1. The minimum Gasteiger partial charge on any atom is -0.459 e. The van der Waals surface area contributed by atoms with Gasteiger partial charge in [0, 0.05) is 16.6 Å². The molecule has 1 amide bonds. The van der Waals surface area contributed by atoms with Crippen molar-refractivity contribution in [1.29, 1.82) is 0 Å². The summed E-state index contributed by atoms with van der Waals surface area (Å²) in [6, 6.07) is 19.7. The maximum Gasteiger partial charge on any atom is 0.291 e. The Labute approximate surface area is 186 Å². The van der Waals surface area contributed by atoms with Crippen LogP contribution in [0.4, 0.5) is 10.8 Å². The van der Waals surface area contributed by atoms with Crippen molar-refractivity contribution in [1.82, 2.24) is 4.98 Å². The van der Waals surface area contributed by atoms with E-state index >= 15 is 0 Å². The number of furan rings is 1. The second-order valence-electron chi connectivity index (χ2n) is 7.69. The van der Waals surface area contributed by atoms with Gasteiger partial charge in [-0.2, -0.15) is 0 Å². The summed E-state index contributed by atoms with van der Waals surface area (Å²) in [7, 11) is 0. The van der Waals surface area contributed by atoms with E-state index in [1.54, 1.807) is 29.7 Å². The summed E-state index contributed by atoms with van der Waals surface area (Å²) in [6.45, 7) is 6.41. The van der Waals surface area contributed by atoms with Gasteiger partial charge in [0.2, 0.25) is 0 Å². The molecule has 2 N–H and O–H groups in total. The molecule has 0 spiro atoms. The van der Waals surface area contributed by atoms with Gasteiger partial charge in [0.25, 0.3) is 5.91 Å². The van der Waals surface area contributed by atoms with Crippen LogP contribution in [0.1, 0.15) is 57.9 Å². The van der Waals surface area contributed by atoms with E-state index in [4.69, 9.17) is 4.42 Å². The van der Waals surface area contributed by atoms with Crippen molar-refractivity contribution in [3.05, 3.63) is 100 Å². The van der Waals surface area contributed by atoms with Crippen LogP contribution in [0.5, 0.6) is 0 Å². The first-order valence-corrected chi connectivity index (χ1v) is 11.1. The van der Waals surface area contributed by atoms with E-state index in [0.29, 0.717) is 5.92 Å². The van der Waals surface area contributed by atoms with Crippen LogP contribution < -0.4 is 10.6 Å². The molecule has 3 aromatic heterocycles. The van der Waals surface area contributed by atoms with Gasteiger partial charge in [-0.3, -0.25) is 4.79 Å². The zero-order chi connectivity index (χ0) is 21.8. The van der Waals surface area contributed by atoms with Crippen LogP contribution in [0.15, 0.2) is 77.5 Å². The van der Waals surface area contributed by atoms with Gasteiger partial charge < -0.3 is 15.1 Å². The smallest absolute Gasteiger partial charge is 0.291 e. The predicted molar refractivity (Wildman–Crippen MR) is 126 cm³/mol. The van der Waals surface area contributed by atoms with Crippen molar-refractivity contribution in [3.63, 3.8) is 0 Å². The molecule has 0 radical (unpaired) electrons. The molecule has 0 unspecified atom stereocenters. The Morgan fingerprint density at radius 3 is 2.45 bits per heavy atom. The maximum absolute atomic E-state index is 12.6. The number of anilines is 2. The first kappa shape index (κ1) is 20.9. The van der Waals surface area contributed by atoms with E-state index in [2.05, 4.69) is 59.8 Å². The molecule has 3 heterocycles. The fraction of sp³-hybridized carbons (Fsp3) is 0.200. The predicted octanol–water partition coefficient (Wildman–Crippen LogP) is 6.62. The number of nitrogens with zero attached hydrogens (tertiary/aromatic N) is 1. The van der Waals surface area contributed by atoms with Gasteiger partial charge in [0.05, 0.1) is 12.3 Å². The topological polar surface area (TPSA) is 67.2 Å². The molecule has 31 heavy (non-hydrogen) atoms. The zero-order valence-electron chi connectivity index (χ0n) is 17.8. The molecule has 5 nitrogen and oxygen atoms in total. The number of aromatic nitrogens is 1. The first-order valence-electron chi connectivity index (χ1n) is 10.2. The third-order valence-electron chi connectivity index (χ3n) is 5.06. The monoisotopic (exact) mass is 431 g/mol. The summed E-state index contributed by atoms with van der Waals surface area (Å²) in [5.74, 6) is 1.25. The van der Waals surface area contributed by atoms with Gasteiger partial charge in [-0.25, -0.2) is 4.98 Å². The minimum atomic E-state index is -0.264. The van der Waals surface area contributed by atoms with Crippen LogP contribution in [0, 0.1) is 6.92 Å². The number of carbonyl (C=O) groups is 1. The Bertz CT molecular complexity index is 1130. The molecule has 0 aliphatic rings. The molecule has 0 bridgehead atoms. The Balaban J connectivity index is 1.72. The van der Waals surface area contributed by atoms with Crippen LogP contribution in [0.2, 0.25) is 0 Å². The summed E-state index contributed by atoms with van der Waals surface area (Å²) in [4.78, 5) is 18.2. The van der Waals surface area contributed by atoms with E-state index in [9.17, 15) is 4.79 Å². The first-order chi connectivity index (χ1) is 15.0. The number of hydrogen-bond acceptors (Lipinski definition) is 5. The molecule has 158 valence electrons. The highest BCUT2D eigenvalue weighted by atomic mass is 32.1. The second-order valence-corrected chi connectivity index (χ2v) is 8.94. The van der Waals surface area contributed by atoms with E-state index in [1.807, 2.05) is 25.1 Å². The third-order valence-corrected chi connectivity index (χ3v) is 6.04. The Morgan fingerprint density at radius 1 is 1.03 bits per heavy atom. The molecule has 4 rings (SSSR count). The van der Waals surface area contributed by atoms with Gasteiger partial charge in [-0.05, 0) is 54.3 Å². The quantitative estimate of drug-likeness (QED) is 0.345. The lowest BCUT2D eigenvalue weighted by Gasteiger charge is -2.21. The Morgan fingerprint density at radius 2 is 1.81 bits per heavy atom. The summed E-state index contributed by atoms with van der Waals surface area (Å²) in [5, 5.41) is 7.36. The number of rotatable bonds is 7. The molecule has 4 aromatic rings. The van der Waals surface area contributed by atoms with Crippen LogP contribution >= 0.6 is 11.3 Å². The average molecular weight is 432 g/mol. The molecule has 0 aliphatic heterocycles. The van der Waals surface area contributed by atoms with Crippen molar-refractivity contribution < 1.29 is 9.21 Å². The summed E-state index contributed by atoms with van der Waals surface area (Å²) in [5.41, 5.74) is 3.37. The molecule has 0 saturated heterocycles. The summed E-state index contributed by atoms with van der Waals surface area (Å²) < 4.78 is 5.26. The molecule has 0 fully saturated rings. The van der Waals surface area contributed by atoms with Crippen molar-refractivity contribution in [2.75, 3.05) is 10.6 Å². The van der Waals surface area contributed by atoms with Crippen LogP contribution in [0.25, 0.3) is 0 Å². The van der Waals surface area contributed by atoms with Crippen molar-refractivity contribution in [3.8, 4) is 0 Å². The number of benzene rings is 1. The lowest BCUT2D eigenvalue weighted by Crippen LogP contribution is -2.17. The second kappa shape index (κ2) is 9.18. The Hall–Kier alpha value is -3.38. The standard InChI is InChI=1S/C25H25N3O2S/c1-16(2)18-9-11-19(12-10-18)23(27-22-8-4-5-13-26-22)20-15-17(3)31-25(20)28-24(29)21-7-6-14-30-21/h4-16,23H,1-3H3,(H,26,27)(H,28,29)/t23-/m1/s1. The lowest BCUT2D eigenvalue weighted by atomic mass is 9.96. The van der Waals surface area contributed by atoms with Gasteiger partial charge >= 0.3 is 0 Å². The van der Waals surface area contributed by atoms with E-state index in [0.717, 1.165) is 26.8 Å². The van der Waals surface area contributed by atoms with Gasteiger partial charge in [-0.1, -0.05) is 44.2 Å². The molecule has 0 aliphatic carbocycles. The van der Waals surface area contributed by atoms with Crippen molar-refractivity contribution >= 4 is 28.1 Å². The minimum absolute atomic E-state index is 0.173. The molecule has 1 atom stereocenters. The molecule has 6 heteroatoms. The highest BCUT2D eigenvalue weighted by molar-refractivity contribution is 7.16. The summed E-state index contributed by atoms with van der Waals surface area (Å²) >= 11 is 1.55. The number of nitrogens with one attached hydrogen (secondary N) is 2. The summed E-state index contributed by atoms with van der Waals surface area (Å²) in [6.07, 6.45) is 3.26. The van der Waals surface area contributed by atoms with E-state index in [1.165, 1.54) is 11.8 Å². The highest BCUT2D eigenvalue weighted by Crippen LogP contribution is 2.38. The van der Waals surface area contributed by atoms with Gasteiger partial charge in [-0.15, -0.1) is 11.3 Å². The van der Waals surface area contributed by atoms with E-state index < -0.39 is 0 Å².